The van der Waals surface area contributed by atoms with Crippen LogP contribution in [0.15, 0.2) is 11.3 Å². The van der Waals surface area contributed by atoms with E-state index >= 15 is 0 Å². The molecule has 2 heterocycles. The second-order valence-corrected chi connectivity index (χ2v) is 4.93. The van der Waals surface area contributed by atoms with Crippen molar-refractivity contribution in [3.8, 4) is 0 Å². The SMILES string of the molecule is [3H]C([3H])(c1cnc(Cl)s1)N1COCN(C)/C1=N\[N+](=O)[O-]. The van der Waals surface area contributed by atoms with Crippen molar-refractivity contribution in [1.82, 2.24) is 14.8 Å². The molecule has 1 aromatic rings. The van der Waals surface area contributed by atoms with Crippen molar-refractivity contribution in [2.45, 2.75) is 6.50 Å². The van der Waals surface area contributed by atoms with E-state index in [1.807, 2.05) is 0 Å². The summed E-state index contributed by atoms with van der Waals surface area (Å²) in [4.78, 5) is 17.0. The zero-order valence-corrected chi connectivity index (χ0v) is 10.8. The minimum Gasteiger partial charge on any atom is -0.341 e. The third kappa shape index (κ3) is 3.06. The third-order valence-corrected chi connectivity index (χ3v) is 3.00. The van der Waals surface area contributed by atoms with E-state index in [1.165, 1.54) is 18.1 Å². The Morgan fingerprint density at radius 2 is 2.61 bits per heavy atom. The Kier molecular flexibility index (Phi) is 3.18. The number of guanidine groups is 1. The Labute approximate surface area is 114 Å². The number of thiazole rings is 1. The molecule has 8 nitrogen and oxygen atoms in total. The number of hydrogen-bond donors (Lipinski definition) is 0. The molecule has 0 spiro atoms. The number of rotatable bonds is 3. The summed E-state index contributed by atoms with van der Waals surface area (Å²) in [5.74, 6) is -0.129. The monoisotopic (exact) mass is 295 g/mol. The van der Waals surface area contributed by atoms with Gasteiger partial charge in [-0.05, 0) is 0 Å². The van der Waals surface area contributed by atoms with Crippen molar-refractivity contribution in [2.24, 2.45) is 5.10 Å². The second kappa shape index (κ2) is 5.46. The van der Waals surface area contributed by atoms with E-state index in [0.29, 0.717) is 0 Å². The van der Waals surface area contributed by atoms with Crippen molar-refractivity contribution in [1.29, 1.82) is 0 Å². The number of hydrazone groups is 1. The predicted molar refractivity (Wildman–Crippen MR) is 65.7 cm³/mol. The van der Waals surface area contributed by atoms with Crippen LogP contribution in [0.5, 0.6) is 0 Å². The van der Waals surface area contributed by atoms with Gasteiger partial charge in [0, 0.05) is 18.1 Å². The molecular weight excluding hydrogens is 282 g/mol. The van der Waals surface area contributed by atoms with Crippen LogP contribution in [0.1, 0.15) is 7.62 Å². The van der Waals surface area contributed by atoms with E-state index in [2.05, 4.69) is 10.1 Å². The first-order chi connectivity index (χ1) is 9.32. The lowest BCUT2D eigenvalue weighted by Crippen LogP contribution is -2.49. The fraction of sp³-hybridized carbons (Fsp3) is 0.500. The normalized spacial score (nSPS) is 20.9. The first-order valence-corrected chi connectivity index (χ1v) is 5.93. The van der Waals surface area contributed by atoms with Crippen molar-refractivity contribution >= 4 is 28.9 Å². The molecule has 0 bridgehead atoms. The maximum atomic E-state index is 10.6. The summed E-state index contributed by atoms with van der Waals surface area (Å²) in [6.45, 7) is -2.16. The lowest BCUT2D eigenvalue weighted by molar-refractivity contribution is -0.486. The highest BCUT2D eigenvalue weighted by atomic mass is 35.5. The van der Waals surface area contributed by atoms with Gasteiger partial charge >= 0.3 is 0 Å². The van der Waals surface area contributed by atoms with Gasteiger partial charge in [0.15, 0.2) is 9.50 Å². The average molecular weight is 296 g/mol. The van der Waals surface area contributed by atoms with Gasteiger partial charge in [-0.15, -0.1) is 11.3 Å². The molecule has 2 rings (SSSR count). The van der Waals surface area contributed by atoms with Crippen LogP contribution in [-0.4, -0.2) is 46.3 Å². The Balaban J connectivity index is 2.39. The molecular formula is C8H10ClN5O3S. The molecule has 0 N–H and O–H groups in total. The van der Waals surface area contributed by atoms with Gasteiger partial charge < -0.3 is 14.5 Å². The highest BCUT2D eigenvalue weighted by molar-refractivity contribution is 7.15. The van der Waals surface area contributed by atoms with Crippen molar-refractivity contribution in [3.05, 3.63) is 25.7 Å². The fourth-order valence-corrected chi connectivity index (χ4v) is 2.16. The molecule has 0 atom stereocenters. The lowest BCUT2D eigenvalue weighted by Gasteiger charge is -2.34. The molecule has 1 aliphatic rings. The van der Waals surface area contributed by atoms with E-state index in [0.717, 1.165) is 16.2 Å². The zero-order chi connectivity index (χ0) is 14.9. The summed E-state index contributed by atoms with van der Waals surface area (Å²) in [5.41, 5.74) is 0. The van der Waals surface area contributed by atoms with Gasteiger partial charge in [0.2, 0.25) is 0 Å². The van der Waals surface area contributed by atoms with E-state index in [1.54, 1.807) is 0 Å². The summed E-state index contributed by atoms with van der Waals surface area (Å²) in [7, 11) is 1.52. The molecule has 1 aliphatic heterocycles. The van der Waals surface area contributed by atoms with Crippen LogP contribution in [0.4, 0.5) is 0 Å². The number of hydrogen-bond acceptors (Lipinski definition) is 5. The van der Waals surface area contributed by atoms with E-state index in [4.69, 9.17) is 19.1 Å². The lowest BCUT2D eigenvalue weighted by atomic mass is 10.5. The number of aromatic nitrogens is 1. The van der Waals surface area contributed by atoms with Crippen LogP contribution in [0.3, 0.4) is 0 Å². The molecule has 0 amide bonds. The molecule has 0 unspecified atom stereocenters. The van der Waals surface area contributed by atoms with Gasteiger partial charge in [-0.3, -0.25) is 0 Å². The smallest absolute Gasteiger partial charge is 0.277 e. The summed E-state index contributed by atoms with van der Waals surface area (Å²) >= 11 is 6.65. The minimum absolute atomic E-state index is 0.0860. The topological polar surface area (TPSA) is 84.1 Å². The first kappa shape index (κ1) is 10.5. The predicted octanol–water partition coefficient (Wildman–Crippen LogP) is 1.02. The van der Waals surface area contributed by atoms with E-state index in [-0.39, 0.29) is 28.8 Å². The number of halogens is 1. The van der Waals surface area contributed by atoms with Crippen LogP contribution < -0.4 is 0 Å². The van der Waals surface area contributed by atoms with Gasteiger partial charge in [-0.1, -0.05) is 11.6 Å². The Hall–Kier alpha value is -1.45. The maximum Gasteiger partial charge on any atom is 0.277 e. The van der Waals surface area contributed by atoms with Gasteiger partial charge in [-0.2, -0.15) is 0 Å². The molecule has 0 radical (unpaired) electrons. The van der Waals surface area contributed by atoms with Crippen LogP contribution in [0.25, 0.3) is 0 Å². The van der Waals surface area contributed by atoms with Crippen LogP contribution >= 0.6 is 22.9 Å². The zero-order valence-electron chi connectivity index (χ0n) is 11.2. The fourth-order valence-electron chi connectivity index (χ4n) is 1.31. The van der Waals surface area contributed by atoms with Gasteiger partial charge in [-0.25, -0.2) is 15.1 Å². The van der Waals surface area contributed by atoms with Gasteiger partial charge in [0.1, 0.15) is 18.6 Å². The Morgan fingerprint density at radius 1 is 1.83 bits per heavy atom. The molecule has 1 saturated heterocycles. The summed E-state index contributed by atoms with van der Waals surface area (Å²) < 4.78 is 21.6. The van der Waals surface area contributed by atoms with E-state index in [9.17, 15) is 10.1 Å². The number of nitrogens with zero attached hydrogens (tertiary/aromatic N) is 5. The first-order valence-electron chi connectivity index (χ1n) is 5.73. The minimum atomic E-state index is -2.08. The third-order valence-electron chi connectivity index (χ3n) is 1.98. The highest BCUT2D eigenvalue weighted by Crippen LogP contribution is 2.20. The van der Waals surface area contributed by atoms with Crippen molar-refractivity contribution in [2.75, 3.05) is 20.5 Å². The largest absolute Gasteiger partial charge is 0.341 e. The summed E-state index contributed by atoms with van der Waals surface area (Å²) in [6, 6.07) is 0. The molecule has 0 aromatic carbocycles. The molecule has 0 aliphatic carbocycles. The molecule has 98 valence electrons. The summed E-state index contributed by atoms with van der Waals surface area (Å²) in [6.07, 6.45) is 1.28. The second-order valence-electron chi connectivity index (χ2n) is 3.32. The average Bonchev–Trinajstić information content (AvgIpc) is 2.78. The molecule has 10 heteroatoms. The summed E-state index contributed by atoms with van der Waals surface area (Å²) in [5, 5.41) is 12.9. The maximum absolute atomic E-state index is 10.6. The van der Waals surface area contributed by atoms with Crippen molar-refractivity contribution in [3.63, 3.8) is 0 Å². The van der Waals surface area contributed by atoms with Gasteiger partial charge in [0.25, 0.3) is 5.96 Å². The number of ether oxygens (including phenoxy) is 1. The Morgan fingerprint density at radius 3 is 3.22 bits per heavy atom. The standard InChI is InChI=1S/C8H10ClN5O3S/c1-12-4-17-5-13(8(12)11-14(15)16)3-6-2-10-7(9)18-6/h2H,3-5H2,1H3/b11-8+/i3T2. The van der Waals surface area contributed by atoms with Gasteiger partial charge in [0.05, 0.1) is 9.24 Å². The highest BCUT2D eigenvalue weighted by Gasteiger charge is 2.25. The van der Waals surface area contributed by atoms with Crippen LogP contribution in [0, 0.1) is 10.1 Å². The van der Waals surface area contributed by atoms with Crippen LogP contribution in [0.2, 0.25) is 4.47 Å². The molecule has 1 fully saturated rings. The molecule has 0 saturated carbocycles. The molecule has 1 aromatic heterocycles. The van der Waals surface area contributed by atoms with E-state index < -0.39 is 11.5 Å². The quantitative estimate of drug-likeness (QED) is 0.611. The van der Waals surface area contributed by atoms with Crippen molar-refractivity contribution < 1.29 is 12.5 Å². The Bertz CT molecular complexity index is 554. The number of nitro groups is 1. The molecule has 18 heavy (non-hydrogen) atoms. The van der Waals surface area contributed by atoms with Crippen LogP contribution in [-0.2, 0) is 11.2 Å².